The molecule has 1 aliphatic heterocycles. The van der Waals surface area contributed by atoms with Crippen LogP contribution in [0.2, 0.25) is 0 Å². The van der Waals surface area contributed by atoms with E-state index in [9.17, 15) is 18.0 Å². The van der Waals surface area contributed by atoms with Crippen LogP contribution in [0.1, 0.15) is 28.8 Å². The number of aryl methyl sites for hydroxylation is 1. The monoisotopic (exact) mass is 444 g/mol. The molecule has 0 atom stereocenters. The van der Waals surface area contributed by atoms with Crippen LogP contribution in [0.3, 0.4) is 0 Å². The van der Waals surface area contributed by atoms with E-state index in [0.29, 0.717) is 31.7 Å². The summed E-state index contributed by atoms with van der Waals surface area (Å²) in [5.74, 6) is 0.255. The molecule has 0 unspecified atom stereocenters. The summed E-state index contributed by atoms with van der Waals surface area (Å²) in [5, 5.41) is 2.61. The summed E-state index contributed by atoms with van der Waals surface area (Å²) in [5.41, 5.74) is 1.64. The average molecular weight is 445 g/mol. The predicted octanol–water partition coefficient (Wildman–Crippen LogP) is 1.62. The lowest BCUT2D eigenvalue weighted by atomic mass is 10.1. The number of sulfonamides is 1. The second kappa shape index (κ2) is 10.5. The van der Waals surface area contributed by atoms with Gasteiger partial charge in [-0.1, -0.05) is 35.9 Å². The summed E-state index contributed by atoms with van der Waals surface area (Å²) in [7, 11) is -3.46. The molecule has 8 nitrogen and oxygen atoms in total. The molecule has 1 amide bonds. The van der Waals surface area contributed by atoms with E-state index in [1.807, 2.05) is 37.3 Å². The maximum atomic E-state index is 12.6. The second-order valence-corrected chi connectivity index (χ2v) is 9.62. The van der Waals surface area contributed by atoms with Crippen molar-refractivity contribution in [1.82, 2.24) is 14.6 Å². The number of nitrogens with one attached hydrogen (secondary N) is 1. The van der Waals surface area contributed by atoms with E-state index in [0.717, 1.165) is 11.4 Å². The number of hydrogen-bond donors (Lipinski definition) is 1. The van der Waals surface area contributed by atoms with Gasteiger partial charge in [-0.05, 0) is 19.1 Å². The number of carbonyl (C=O) groups excluding carboxylic acids is 2. The van der Waals surface area contributed by atoms with E-state index in [-0.39, 0.29) is 36.8 Å². The highest BCUT2D eigenvalue weighted by Gasteiger charge is 2.27. The molecule has 0 bridgehead atoms. The molecule has 2 heterocycles. The molecular formula is C22H28N4O4S. The van der Waals surface area contributed by atoms with Crippen molar-refractivity contribution in [2.24, 2.45) is 0 Å². The maximum absolute atomic E-state index is 12.6. The first-order valence-electron chi connectivity index (χ1n) is 10.4. The number of hydrogen-bond acceptors (Lipinski definition) is 6. The maximum Gasteiger partial charge on any atom is 0.220 e. The lowest BCUT2D eigenvalue weighted by Gasteiger charge is -2.34. The zero-order valence-corrected chi connectivity index (χ0v) is 18.5. The zero-order valence-electron chi connectivity index (χ0n) is 17.7. The largest absolute Gasteiger partial charge is 0.355 e. The molecular weight excluding hydrogens is 416 g/mol. The van der Waals surface area contributed by atoms with E-state index in [4.69, 9.17) is 0 Å². The van der Waals surface area contributed by atoms with Gasteiger partial charge in [-0.2, -0.15) is 4.31 Å². The molecule has 166 valence electrons. The molecule has 1 aromatic heterocycles. The van der Waals surface area contributed by atoms with Crippen molar-refractivity contribution >= 4 is 27.5 Å². The van der Waals surface area contributed by atoms with Crippen LogP contribution in [-0.2, 0) is 14.8 Å². The number of rotatable bonds is 9. The van der Waals surface area contributed by atoms with Crippen molar-refractivity contribution < 1.29 is 18.0 Å². The SMILES string of the molecule is Cc1ccc(C(=O)CCC(=O)NCCS(=O)(=O)N2CCN(c3ccccn3)CC2)cc1. The normalized spacial score (nSPS) is 14.9. The van der Waals surface area contributed by atoms with Gasteiger partial charge in [-0.25, -0.2) is 13.4 Å². The molecule has 31 heavy (non-hydrogen) atoms. The Hall–Kier alpha value is -2.78. The van der Waals surface area contributed by atoms with Crippen molar-refractivity contribution in [3.8, 4) is 0 Å². The Balaban J connectivity index is 1.38. The number of benzene rings is 1. The van der Waals surface area contributed by atoms with Crippen molar-refractivity contribution in [1.29, 1.82) is 0 Å². The van der Waals surface area contributed by atoms with Gasteiger partial charge in [-0.3, -0.25) is 9.59 Å². The Kier molecular flexibility index (Phi) is 7.75. The fourth-order valence-corrected chi connectivity index (χ4v) is 4.72. The fourth-order valence-electron chi connectivity index (χ4n) is 3.38. The van der Waals surface area contributed by atoms with E-state index >= 15 is 0 Å². The molecule has 0 spiro atoms. The molecule has 1 aromatic carbocycles. The van der Waals surface area contributed by atoms with E-state index in [1.54, 1.807) is 18.3 Å². The number of carbonyl (C=O) groups is 2. The molecule has 1 fully saturated rings. The number of pyridine rings is 1. The third-order valence-corrected chi connectivity index (χ3v) is 7.11. The summed E-state index contributed by atoms with van der Waals surface area (Å²) < 4.78 is 26.6. The summed E-state index contributed by atoms with van der Waals surface area (Å²) in [6.07, 6.45) is 1.85. The van der Waals surface area contributed by atoms with Gasteiger partial charge in [0.2, 0.25) is 15.9 Å². The molecule has 1 saturated heterocycles. The molecule has 9 heteroatoms. The lowest BCUT2D eigenvalue weighted by Crippen LogP contribution is -2.50. The van der Waals surface area contributed by atoms with Crippen molar-refractivity contribution in [2.45, 2.75) is 19.8 Å². The van der Waals surface area contributed by atoms with Crippen LogP contribution >= 0.6 is 0 Å². The van der Waals surface area contributed by atoms with Gasteiger partial charge in [-0.15, -0.1) is 0 Å². The van der Waals surface area contributed by atoms with Gasteiger partial charge in [0.15, 0.2) is 5.78 Å². The third kappa shape index (κ3) is 6.60. The van der Waals surface area contributed by atoms with Gasteiger partial charge in [0, 0.05) is 57.3 Å². The minimum Gasteiger partial charge on any atom is -0.355 e. The number of nitrogens with zero attached hydrogens (tertiary/aromatic N) is 3. The second-order valence-electron chi connectivity index (χ2n) is 7.53. The molecule has 0 saturated carbocycles. The minimum atomic E-state index is -3.46. The van der Waals surface area contributed by atoms with E-state index in [1.165, 1.54) is 4.31 Å². The Morgan fingerprint density at radius 1 is 1.00 bits per heavy atom. The van der Waals surface area contributed by atoms with Crippen LogP contribution in [0, 0.1) is 6.92 Å². The summed E-state index contributed by atoms with van der Waals surface area (Å²) in [6, 6.07) is 12.9. The van der Waals surface area contributed by atoms with E-state index < -0.39 is 10.0 Å². The highest BCUT2D eigenvalue weighted by Crippen LogP contribution is 2.14. The topological polar surface area (TPSA) is 99.7 Å². The minimum absolute atomic E-state index is 0.0281. The zero-order chi connectivity index (χ0) is 22.3. The highest BCUT2D eigenvalue weighted by molar-refractivity contribution is 7.89. The molecule has 0 aliphatic carbocycles. The van der Waals surface area contributed by atoms with Crippen LogP contribution in [-0.4, -0.2) is 67.9 Å². The molecule has 2 aromatic rings. The lowest BCUT2D eigenvalue weighted by molar-refractivity contribution is -0.120. The number of anilines is 1. The Labute approximate surface area is 183 Å². The summed E-state index contributed by atoms with van der Waals surface area (Å²) in [4.78, 5) is 30.5. The smallest absolute Gasteiger partial charge is 0.220 e. The Morgan fingerprint density at radius 2 is 1.71 bits per heavy atom. The van der Waals surface area contributed by atoms with Crippen LogP contribution in [0.5, 0.6) is 0 Å². The Morgan fingerprint density at radius 3 is 2.35 bits per heavy atom. The molecule has 1 N–H and O–H groups in total. The molecule has 3 rings (SSSR count). The van der Waals surface area contributed by atoms with Crippen LogP contribution in [0.25, 0.3) is 0 Å². The van der Waals surface area contributed by atoms with Gasteiger partial charge in [0.05, 0.1) is 5.75 Å². The number of aromatic nitrogens is 1. The first kappa shape index (κ1) is 22.9. The summed E-state index contributed by atoms with van der Waals surface area (Å²) in [6.45, 7) is 3.89. The van der Waals surface area contributed by atoms with E-state index in [2.05, 4.69) is 15.2 Å². The van der Waals surface area contributed by atoms with Gasteiger partial charge in [0.25, 0.3) is 0 Å². The van der Waals surface area contributed by atoms with Crippen LogP contribution in [0.15, 0.2) is 48.7 Å². The van der Waals surface area contributed by atoms with Crippen LogP contribution < -0.4 is 10.2 Å². The summed E-state index contributed by atoms with van der Waals surface area (Å²) >= 11 is 0. The third-order valence-electron chi connectivity index (χ3n) is 5.24. The standard InChI is InChI=1S/C22H28N4O4S/c1-18-5-7-19(8-6-18)20(27)9-10-22(28)24-12-17-31(29,30)26-15-13-25(14-16-26)21-4-2-3-11-23-21/h2-8,11H,9-10,12-17H2,1H3,(H,24,28). The first-order valence-corrected chi connectivity index (χ1v) is 12.0. The Bertz CT molecular complexity index is 986. The highest BCUT2D eigenvalue weighted by atomic mass is 32.2. The van der Waals surface area contributed by atoms with Gasteiger partial charge in [0.1, 0.15) is 5.82 Å². The van der Waals surface area contributed by atoms with Crippen molar-refractivity contribution in [3.05, 3.63) is 59.8 Å². The number of piperazine rings is 1. The average Bonchev–Trinajstić information content (AvgIpc) is 2.78. The van der Waals surface area contributed by atoms with Crippen molar-refractivity contribution in [2.75, 3.05) is 43.4 Å². The van der Waals surface area contributed by atoms with Crippen molar-refractivity contribution in [3.63, 3.8) is 0 Å². The fraction of sp³-hybridized carbons (Fsp3) is 0.409. The quantitative estimate of drug-likeness (QED) is 0.590. The molecule has 1 aliphatic rings. The number of Topliss-reactive ketones (excluding diaryl/α,β-unsaturated/α-hetero) is 1. The predicted molar refractivity (Wildman–Crippen MR) is 120 cm³/mol. The van der Waals surface area contributed by atoms with Gasteiger partial charge >= 0.3 is 0 Å². The number of amides is 1. The number of ketones is 1. The van der Waals surface area contributed by atoms with Crippen LogP contribution in [0.4, 0.5) is 5.82 Å². The van der Waals surface area contributed by atoms with Gasteiger partial charge < -0.3 is 10.2 Å². The first-order chi connectivity index (χ1) is 14.8. The molecule has 0 radical (unpaired) electrons.